The van der Waals surface area contributed by atoms with Gasteiger partial charge in [-0.2, -0.15) is 0 Å². The molecular formula is C13H17N3O. The third-order valence-corrected chi connectivity index (χ3v) is 3.12. The second kappa shape index (κ2) is 4.28. The molecule has 2 aliphatic rings. The van der Waals surface area contributed by atoms with Crippen LogP contribution in [0, 0.1) is 0 Å². The van der Waals surface area contributed by atoms with Gasteiger partial charge in [-0.15, -0.1) is 0 Å². The molecule has 2 aliphatic heterocycles. The minimum atomic E-state index is 0.216. The molecule has 0 fully saturated rings. The predicted molar refractivity (Wildman–Crippen MR) is 67.5 cm³/mol. The average molecular weight is 231 g/mol. The van der Waals surface area contributed by atoms with Gasteiger partial charge in [0.1, 0.15) is 11.9 Å². The molecule has 2 atom stereocenters. The van der Waals surface area contributed by atoms with Crippen molar-refractivity contribution in [3.63, 3.8) is 0 Å². The quantitative estimate of drug-likeness (QED) is 0.796. The number of nitrogens with one attached hydrogen (secondary N) is 2. The van der Waals surface area contributed by atoms with Gasteiger partial charge in [-0.05, 0) is 18.6 Å². The maximum absolute atomic E-state index is 5.85. The van der Waals surface area contributed by atoms with Crippen molar-refractivity contribution in [3.05, 3.63) is 29.8 Å². The summed E-state index contributed by atoms with van der Waals surface area (Å²) in [4.78, 5) is 4.37. The Morgan fingerprint density at radius 2 is 2.35 bits per heavy atom. The summed E-state index contributed by atoms with van der Waals surface area (Å²) in [6.45, 7) is 3.78. The fraction of sp³-hybridized carbons (Fsp3) is 0.462. The van der Waals surface area contributed by atoms with Crippen LogP contribution in [0.15, 0.2) is 29.3 Å². The highest BCUT2D eigenvalue weighted by molar-refractivity contribution is 5.81. The Balaban J connectivity index is 1.53. The second-order valence-corrected chi connectivity index (χ2v) is 4.67. The highest BCUT2D eigenvalue weighted by atomic mass is 16.5. The van der Waals surface area contributed by atoms with Crippen LogP contribution >= 0.6 is 0 Å². The molecule has 0 radical (unpaired) electrons. The van der Waals surface area contributed by atoms with E-state index in [4.69, 9.17) is 4.74 Å². The number of rotatable bonds is 2. The normalized spacial score (nSPS) is 25.8. The Bertz CT molecular complexity index is 419. The number of guanidine groups is 1. The molecule has 0 spiro atoms. The summed E-state index contributed by atoms with van der Waals surface area (Å²) in [6, 6.07) is 8.67. The van der Waals surface area contributed by atoms with Crippen LogP contribution in [-0.4, -0.2) is 31.2 Å². The molecular weight excluding hydrogens is 214 g/mol. The van der Waals surface area contributed by atoms with E-state index in [2.05, 4.69) is 34.7 Å². The molecule has 0 aliphatic carbocycles. The molecule has 0 amide bonds. The van der Waals surface area contributed by atoms with E-state index in [-0.39, 0.29) is 6.10 Å². The van der Waals surface area contributed by atoms with Crippen LogP contribution in [0.5, 0.6) is 5.75 Å². The van der Waals surface area contributed by atoms with Crippen LogP contribution in [0.25, 0.3) is 0 Å². The molecule has 1 aromatic rings. The highest BCUT2D eigenvalue weighted by Gasteiger charge is 2.23. The Kier molecular flexibility index (Phi) is 2.63. The summed E-state index contributed by atoms with van der Waals surface area (Å²) >= 11 is 0. The molecule has 2 unspecified atom stereocenters. The largest absolute Gasteiger partial charge is 0.488 e. The van der Waals surface area contributed by atoms with Gasteiger partial charge in [0.15, 0.2) is 5.96 Å². The lowest BCUT2D eigenvalue weighted by molar-refractivity contribution is 0.235. The Morgan fingerprint density at radius 1 is 1.47 bits per heavy atom. The molecule has 4 heteroatoms. The number of ether oxygens (including phenoxy) is 1. The zero-order valence-electron chi connectivity index (χ0n) is 9.94. The van der Waals surface area contributed by atoms with Crippen molar-refractivity contribution in [1.82, 2.24) is 10.6 Å². The van der Waals surface area contributed by atoms with Crippen molar-refractivity contribution < 1.29 is 4.74 Å². The second-order valence-electron chi connectivity index (χ2n) is 4.67. The molecule has 3 rings (SSSR count). The molecule has 4 nitrogen and oxygen atoms in total. The Hall–Kier alpha value is -1.71. The zero-order chi connectivity index (χ0) is 11.7. The summed E-state index contributed by atoms with van der Waals surface area (Å²) in [5.74, 6) is 1.92. The minimum Gasteiger partial charge on any atom is -0.488 e. The van der Waals surface area contributed by atoms with Crippen LogP contribution < -0.4 is 15.4 Å². The fourth-order valence-electron chi connectivity index (χ4n) is 2.24. The van der Waals surface area contributed by atoms with Gasteiger partial charge in [0, 0.05) is 12.5 Å². The van der Waals surface area contributed by atoms with E-state index in [1.165, 1.54) is 5.56 Å². The van der Waals surface area contributed by atoms with Gasteiger partial charge in [-0.3, -0.25) is 4.99 Å². The average Bonchev–Trinajstić information content (AvgIpc) is 2.91. The van der Waals surface area contributed by atoms with Gasteiger partial charge >= 0.3 is 0 Å². The van der Waals surface area contributed by atoms with Crippen molar-refractivity contribution in [2.24, 2.45) is 4.99 Å². The first-order valence-corrected chi connectivity index (χ1v) is 6.10. The Labute approximate surface area is 101 Å². The lowest BCUT2D eigenvalue weighted by Gasteiger charge is -2.13. The van der Waals surface area contributed by atoms with Crippen molar-refractivity contribution in [2.75, 3.05) is 13.1 Å². The number of benzene rings is 1. The van der Waals surface area contributed by atoms with Gasteiger partial charge in [0.05, 0.1) is 13.1 Å². The van der Waals surface area contributed by atoms with E-state index in [0.29, 0.717) is 6.04 Å². The van der Waals surface area contributed by atoms with Crippen molar-refractivity contribution >= 4 is 5.96 Å². The van der Waals surface area contributed by atoms with Crippen LogP contribution in [0.4, 0.5) is 0 Å². The van der Waals surface area contributed by atoms with Crippen LogP contribution in [0.1, 0.15) is 12.5 Å². The van der Waals surface area contributed by atoms with Crippen molar-refractivity contribution in [1.29, 1.82) is 0 Å². The number of nitrogens with zero attached hydrogens (tertiary/aromatic N) is 1. The maximum atomic E-state index is 5.85. The summed E-state index contributed by atoms with van der Waals surface area (Å²) in [5.41, 5.74) is 1.30. The molecule has 0 aromatic heterocycles. The molecule has 0 bridgehead atoms. The van der Waals surface area contributed by atoms with E-state index in [1.54, 1.807) is 0 Å². The van der Waals surface area contributed by atoms with E-state index < -0.39 is 0 Å². The van der Waals surface area contributed by atoms with E-state index in [1.807, 2.05) is 12.1 Å². The van der Waals surface area contributed by atoms with Gasteiger partial charge < -0.3 is 15.4 Å². The zero-order valence-corrected chi connectivity index (χ0v) is 9.94. The molecule has 90 valence electrons. The lowest BCUT2D eigenvalue weighted by atomic mass is 10.1. The monoisotopic (exact) mass is 231 g/mol. The van der Waals surface area contributed by atoms with Gasteiger partial charge in [-0.1, -0.05) is 18.2 Å². The lowest BCUT2D eigenvalue weighted by Crippen LogP contribution is -2.42. The topological polar surface area (TPSA) is 45.7 Å². The van der Waals surface area contributed by atoms with Crippen LogP contribution in [0.3, 0.4) is 0 Å². The third kappa shape index (κ3) is 2.20. The van der Waals surface area contributed by atoms with Crippen LogP contribution in [-0.2, 0) is 6.42 Å². The van der Waals surface area contributed by atoms with E-state index in [9.17, 15) is 0 Å². The molecule has 0 saturated carbocycles. The maximum Gasteiger partial charge on any atom is 0.191 e. The first kappa shape index (κ1) is 10.4. The van der Waals surface area contributed by atoms with Gasteiger partial charge in [0.25, 0.3) is 0 Å². The summed E-state index contributed by atoms with van der Waals surface area (Å²) in [6.07, 6.45) is 1.19. The summed E-state index contributed by atoms with van der Waals surface area (Å²) < 4.78 is 5.85. The summed E-state index contributed by atoms with van der Waals surface area (Å²) in [5, 5.41) is 6.58. The van der Waals surface area contributed by atoms with Crippen molar-refractivity contribution in [3.8, 4) is 5.75 Å². The fourth-order valence-corrected chi connectivity index (χ4v) is 2.24. The van der Waals surface area contributed by atoms with Gasteiger partial charge in [0.2, 0.25) is 0 Å². The number of para-hydroxylation sites is 1. The molecule has 1 aromatic carbocycles. The first-order chi connectivity index (χ1) is 8.31. The first-order valence-electron chi connectivity index (χ1n) is 6.10. The minimum absolute atomic E-state index is 0.216. The summed E-state index contributed by atoms with van der Waals surface area (Å²) in [7, 11) is 0. The Morgan fingerprint density at radius 3 is 3.12 bits per heavy atom. The smallest absolute Gasteiger partial charge is 0.191 e. The van der Waals surface area contributed by atoms with Crippen molar-refractivity contribution in [2.45, 2.75) is 25.5 Å². The number of hydrogen-bond acceptors (Lipinski definition) is 4. The molecule has 2 N–H and O–H groups in total. The van der Waals surface area contributed by atoms with Gasteiger partial charge in [-0.25, -0.2) is 0 Å². The van der Waals surface area contributed by atoms with E-state index in [0.717, 1.165) is 31.2 Å². The molecule has 17 heavy (non-hydrogen) atoms. The molecule has 0 saturated heterocycles. The van der Waals surface area contributed by atoms with Crippen LogP contribution in [0.2, 0.25) is 0 Å². The number of fused-ring (bicyclic) bond motifs is 1. The third-order valence-electron chi connectivity index (χ3n) is 3.12. The number of hydrogen-bond donors (Lipinski definition) is 2. The predicted octanol–water partition coefficient (Wildman–Crippen LogP) is 0.927. The highest BCUT2D eigenvalue weighted by Crippen LogP contribution is 2.27. The van der Waals surface area contributed by atoms with E-state index >= 15 is 0 Å². The SMILES string of the molecule is CC1CN=C(NCC2Cc3ccccc3O2)N1. The molecule has 2 heterocycles. The number of aliphatic imine (C=N–C) groups is 1. The standard InChI is InChI=1S/C13H17N3O/c1-9-7-14-13(16-9)15-8-11-6-10-4-2-3-5-12(10)17-11/h2-5,9,11H,6-8H2,1H3,(H2,14,15,16).